The van der Waals surface area contributed by atoms with Gasteiger partial charge in [0.25, 0.3) is 0 Å². The summed E-state index contributed by atoms with van der Waals surface area (Å²) in [5.74, 6) is -0.352. The molecule has 1 aliphatic rings. The number of β-amino-alcohol motifs (C(OH)–C–C–N with tert-alkyl or cyclic N) is 1. The predicted octanol–water partition coefficient (Wildman–Crippen LogP) is 1.04. The fourth-order valence-electron chi connectivity index (χ4n) is 2.62. The number of carboxylic acids is 1. The molecule has 1 aromatic rings. The molecule has 2 rings (SSSR count). The minimum atomic E-state index is -1.03. The van der Waals surface area contributed by atoms with Crippen molar-refractivity contribution < 1.29 is 19.4 Å². The molecule has 0 amide bonds. The van der Waals surface area contributed by atoms with Crippen LogP contribution in [-0.2, 0) is 0 Å². The molecule has 0 aromatic carbocycles. The second-order valence-electron chi connectivity index (χ2n) is 5.14. The van der Waals surface area contributed by atoms with Gasteiger partial charge in [0.2, 0.25) is 5.76 Å². The molecular weight excluding hydrogens is 260 g/mol. The van der Waals surface area contributed by atoms with Crippen molar-refractivity contribution in [3.8, 4) is 0 Å². The maximum atomic E-state index is 10.8. The predicted molar refractivity (Wildman–Crippen MR) is 73.8 cm³/mol. The highest BCUT2D eigenvalue weighted by atomic mass is 16.4. The number of nitrogens with zero attached hydrogens (tertiary/aromatic N) is 2. The molecule has 0 radical (unpaired) electrons. The van der Waals surface area contributed by atoms with E-state index in [1.807, 2.05) is 6.92 Å². The van der Waals surface area contributed by atoms with Crippen LogP contribution in [-0.4, -0.2) is 65.3 Å². The summed E-state index contributed by atoms with van der Waals surface area (Å²) >= 11 is 0. The van der Waals surface area contributed by atoms with Crippen molar-refractivity contribution in [1.82, 2.24) is 9.80 Å². The van der Waals surface area contributed by atoms with E-state index in [-0.39, 0.29) is 18.4 Å². The van der Waals surface area contributed by atoms with Crippen LogP contribution in [0.15, 0.2) is 16.5 Å². The minimum absolute atomic E-state index is 0.0106. The monoisotopic (exact) mass is 282 g/mol. The summed E-state index contributed by atoms with van der Waals surface area (Å²) < 4.78 is 5.38. The minimum Gasteiger partial charge on any atom is -0.475 e. The Morgan fingerprint density at radius 2 is 2.15 bits per heavy atom. The van der Waals surface area contributed by atoms with Crippen molar-refractivity contribution in [3.63, 3.8) is 0 Å². The molecule has 6 nitrogen and oxygen atoms in total. The van der Waals surface area contributed by atoms with Crippen LogP contribution >= 0.6 is 0 Å². The van der Waals surface area contributed by atoms with Gasteiger partial charge >= 0.3 is 5.97 Å². The second kappa shape index (κ2) is 6.88. The Labute approximate surface area is 118 Å². The van der Waals surface area contributed by atoms with Crippen molar-refractivity contribution >= 4 is 5.97 Å². The van der Waals surface area contributed by atoms with Crippen molar-refractivity contribution in [3.05, 3.63) is 23.7 Å². The van der Waals surface area contributed by atoms with Crippen LogP contribution in [0.2, 0.25) is 0 Å². The van der Waals surface area contributed by atoms with Gasteiger partial charge in [-0.3, -0.25) is 9.80 Å². The molecule has 0 aliphatic carbocycles. The first-order valence-electron chi connectivity index (χ1n) is 7.02. The molecular formula is C14H22N2O4. The number of aliphatic hydroxyl groups excluding tert-OH is 1. The van der Waals surface area contributed by atoms with Gasteiger partial charge in [-0.25, -0.2) is 4.79 Å². The molecule has 1 aromatic heterocycles. The first kappa shape index (κ1) is 15.0. The highest BCUT2D eigenvalue weighted by molar-refractivity contribution is 5.84. The van der Waals surface area contributed by atoms with E-state index >= 15 is 0 Å². The summed E-state index contributed by atoms with van der Waals surface area (Å²) in [5, 5.41) is 17.9. The molecule has 0 spiro atoms. The van der Waals surface area contributed by atoms with Gasteiger partial charge in [0.1, 0.15) is 5.76 Å². The number of hydrogen-bond acceptors (Lipinski definition) is 5. The molecule has 0 saturated carbocycles. The number of aromatic carboxylic acids is 1. The number of hydrogen-bond donors (Lipinski definition) is 2. The van der Waals surface area contributed by atoms with Crippen LogP contribution in [0.1, 0.15) is 35.7 Å². The van der Waals surface area contributed by atoms with Crippen LogP contribution in [0.5, 0.6) is 0 Å². The van der Waals surface area contributed by atoms with Gasteiger partial charge in [-0.05, 0) is 32.0 Å². The van der Waals surface area contributed by atoms with Gasteiger partial charge in [0, 0.05) is 26.2 Å². The summed E-state index contributed by atoms with van der Waals surface area (Å²) in [6.45, 7) is 6.68. The molecule has 2 N–H and O–H groups in total. The number of aliphatic hydroxyl groups is 1. The van der Waals surface area contributed by atoms with E-state index < -0.39 is 5.97 Å². The van der Waals surface area contributed by atoms with Crippen molar-refractivity contribution in [2.24, 2.45) is 0 Å². The van der Waals surface area contributed by atoms with Gasteiger partial charge < -0.3 is 14.6 Å². The van der Waals surface area contributed by atoms with E-state index in [1.165, 1.54) is 6.07 Å². The lowest BCUT2D eigenvalue weighted by molar-refractivity contribution is 0.0656. The van der Waals surface area contributed by atoms with Gasteiger partial charge in [0.15, 0.2) is 0 Å². The number of carboxylic acid groups (broad SMARTS) is 1. The Bertz CT molecular complexity index is 446. The summed E-state index contributed by atoms with van der Waals surface area (Å²) in [4.78, 5) is 15.4. The second-order valence-corrected chi connectivity index (χ2v) is 5.14. The normalized spacial score (nSPS) is 19.7. The van der Waals surface area contributed by atoms with Gasteiger partial charge in [-0.2, -0.15) is 0 Å². The SMILES string of the molecule is CC(c1ccc(C(=O)O)o1)N1CCCN(CCO)CC1. The van der Waals surface area contributed by atoms with Crippen LogP contribution in [0, 0.1) is 0 Å². The summed E-state index contributed by atoms with van der Waals surface area (Å²) in [5.41, 5.74) is 0. The molecule has 1 aliphatic heterocycles. The van der Waals surface area contributed by atoms with Crippen molar-refractivity contribution in [2.45, 2.75) is 19.4 Å². The Kier molecular flexibility index (Phi) is 5.17. The van der Waals surface area contributed by atoms with Gasteiger partial charge in [-0.1, -0.05) is 0 Å². The Morgan fingerprint density at radius 3 is 2.80 bits per heavy atom. The lowest BCUT2D eigenvalue weighted by Crippen LogP contribution is -2.33. The van der Waals surface area contributed by atoms with Crippen LogP contribution in [0.3, 0.4) is 0 Å². The van der Waals surface area contributed by atoms with Gasteiger partial charge in [-0.15, -0.1) is 0 Å². The number of furan rings is 1. The topological polar surface area (TPSA) is 77.2 Å². The summed E-state index contributed by atoms with van der Waals surface area (Å²) in [7, 11) is 0. The Hall–Kier alpha value is -1.37. The van der Waals surface area contributed by atoms with Crippen LogP contribution in [0.25, 0.3) is 0 Å². The Morgan fingerprint density at radius 1 is 1.35 bits per heavy atom. The third kappa shape index (κ3) is 3.59. The lowest BCUT2D eigenvalue weighted by atomic mass is 10.2. The summed E-state index contributed by atoms with van der Waals surface area (Å²) in [6, 6.07) is 3.31. The number of carbonyl (C=O) groups is 1. The van der Waals surface area contributed by atoms with Crippen LogP contribution in [0.4, 0.5) is 0 Å². The highest BCUT2D eigenvalue weighted by Gasteiger charge is 2.23. The molecule has 1 fully saturated rings. The lowest BCUT2D eigenvalue weighted by Gasteiger charge is -2.26. The highest BCUT2D eigenvalue weighted by Crippen LogP contribution is 2.23. The first-order chi connectivity index (χ1) is 9.61. The quantitative estimate of drug-likeness (QED) is 0.840. The van der Waals surface area contributed by atoms with Crippen LogP contribution < -0.4 is 0 Å². The van der Waals surface area contributed by atoms with E-state index in [9.17, 15) is 4.79 Å². The smallest absolute Gasteiger partial charge is 0.371 e. The first-order valence-corrected chi connectivity index (χ1v) is 7.02. The summed E-state index contributed by atoms with van der Waals surface area (Å²) in [6.07, 6.45) is 1.04. The molecule has 1 saturated heterocycles. The average Bonchev–Trinajstić information content (AvgIpc) is 2.80. The molecule has 6 heteroatoms. The molecule has 1 atom stereocenters. The molecule has 112 valence electrons. The van der Waals surface area contributed by atoms with E-state index in [0.29, 0.717) is 12.3 Å². The van der Waals surface area contributed by atoms with E-state index in [1.54, 1.807) is 6.07 Å². The fraction of sp³-hybridized carbons (Fsp3) is 0.643. The fourth-order valence-corrected chi connectivity index (χ4v) is 2.62. The van der Waals surface area contributed by atoms with Gasteiger partial charge in [0.05, 0.1) is 12.6 Å². The number of rotatable bonds is 5. The average molecular weight is 282 g/mol. The third-order valence-electron chi connectivity index (χ3n) is 3.84. The maximum Gasteiger partial charge on any atom is 0.371 e. The zero-order chi connectivity index (χ0) is 14.5. The zero-order valence-corrected chi connectivity index (χ0v) is 11.8. The molecule has 0 bridgehead atoms. The molecule has 2 heterocycles. The van der Waals surface area contributed by atoms with Crippen molar-refractivity contribution in [2.75, 3.05) is 39.3 Å². The maximum absolute atomic E-state index is 10.8. The Balaban J connectivity index is 1.97. The van der Waals surface area contributed by atoms with Crippen molar-refractivity contribution in [1.29, 1.82) is 0 Å². The standard InChI is InChI=1S/C14H22N2O4/c1-11(12-3-4-13(20-12)14(18)19)16-6-2-5-15(7-8-16)9-10-17/h3-4,11,17H,2,5-10H2,1H3,(H,18,19). The molecule has 1 unspecified atom stereocenters. The van der Waals surface area contributed by atoms with E-state index in [4.69, 9.17) is 14.6 Å². The largest absolute Gasteiger partial charge is 0.475 e. The zero-order valence-electron chi connectivity index (χ0n) is 11.8. The van der Waals surface area contributed by atoms with E-state index in [0.717, 1.165) is 32.6 Å². The van der Waals surface area contributed by atoms with E-state index in [2.05, 4.69) is 9.80 Å². The third-order valence-corrected chi connectivity index (χ3v) is 3.84. The molecule has 20 heavy (non-hydrogen) atoms.